The Hall–Kier alpha value is -1.63. The highest BCUT2D eigenvalue weighted by atomic mass is 19.4. The molecule has 0 aliphatic carbocycles. The number of aliphatic carboxylic acids is 1. The van der Waals surface area contributed by atoms with Crippen molar-refractivity contribution in [1.29, 1.82) is 0 Å². The van der Waals surface area contributed by atoms with Crippen LogP contribution in [-0.2, 0) is 11.0 Å². The minimum atomic E-state index is -4.98. The van der Waals surface area contributed by atoms with Gasteiger partial charge in [-0.05, 0) is 11.6 Å². The number of hydrogen-bond acceptors (Lipinski definition) is 2. The number of rotatable bonds is 2. The number of carbonyl (C=O) groups is 1. The summed E-state index contributed by atoms with van der Waals surface area (Å²) in [6, 6.07) is 0.501. The van der Waals surface area contributed by atoms with Crippen LogP contribution < -0.4 is 5.73 Å². The van der Waals surface area contributed by atoms with Gasteiger partial charge in [-0.2, -0.15) is 13.2 Å². The van der Waals surface area contributed by atoms with E-state index in [-0.39, 0.29) is 0 Å². The molecule has 0 saturated carbocycles. The zero-order chi connectivity index (χ0) is 12.5. The average molecular weight is 237 g/mol. The lowest BCUT2D eigenvalue weighted by Gasteiger charge is -2.15. The lowest BCUT2D eigenvalue weighted by molar-refractivity contribution is -0.142. The van der Waals surface area contributed by atoms with Crippen LogP contribution >= 0.6 is 0 Å². The first-order valence-corrected chi connectivity index (χ1v) is 4.09. The molecule has 1 rings (SSSR count). The molecule has 0 fully saturated rings. The number of hydrogen-bond donors (Lipinski definition) is 2. The third-order valence-corrected chi connectivity index (χ3v) is 1.93. The molecule has 3 N–H and O–H groups in total. The maximum Gasteiger partial charge on any atom is 0.419 e. The van der Waals surface area contributed by atoms with Gasteiger partial charge in [-0.15, -0.1) is 0 Å². The van der Waals surface area contributed by atoms with E-state index in [0.717, 1.165) is 12.1 Å². The monoisotopic (exact) mass is 237 g/mol. The molecule has 0 aliphatic heterocycles. The molecule has 7 heteroatoms. The summed E-state index contributed by atoms with van der Waals surface area (Å²) < 4.78 is 50.3. The van der Waals surface area contributed by atoms with Gasteiger partial charge in [-0.3, -0.25) is 4.79 Å². The van der Waals surface area contributed by atoms with Crippen molar-refractivity contribution in [2.45, 2.75) is 12.2 Å². The van der Waals surface area contributed by atoms with Gasteiger partial charge in [0.05, 0.1) is 5.56 Å². The third kappa shape index (κ3) is 2.30. The normalized spacial score (nSPS) is 13.6. The van der Waals surface area contributed by atoms with Crippen molar-refractivity contribution in [3.05, 3.63) is 35.1 Å². The third-order valence-electron chi connectivity index (χ3n) is 1.93. The van der Waals surface area contributed by atoms with Crippen molar-refractivity contribution >= 4 is 5.97 Å². The molecule has 1 unspecified atom stereocenters. The maximum atomic E-state index is 13.0. The van der Waals surface area contributed by atoms with Crippen LogP contribution in [0.5, 0.6) is 0 Å². The Morgan fingerprint density at radius 2 is 1.94 bits per heavy atom. The summed E-state index contributed by atoms with van der Waals surface area (Å²) in [4.78, 5) is 10.5. The predicted molar refractivity (Wildman–Crippen MR) is 46.0 cm³/mol. The lowest BCUT2D eigenvalue weighted by atomic mass is 10.00. The molecular weight excluding hydrogens is 230 g/mol. The number of halogens is 4. The molecule has 1 atom stereocenters. The Kier molecular flexibility index (Phi) is 3.18. The van der Waals surface area contributed by atoms with E-state index in [1.165, 1.54) is 0 Å². The van der Waals surface area contributed by atoms with Crippen LogP contribution in [0.15, 0.2) is 18.2 Å². The summed E-state index contributed by atoms with van der Waals surface area (Å²) in [6.45, 7) is 0. The molecule has 88 valence electrons. The lowest BCUT2D eigenvalue weighted by Crippen LogP contribution is -2.25. The van der Waals surface area contributed by atoms with Crippen LogP contribution in [0.1, 0.15) is 17.2 Å². The van der Waals surface area contributed by atoms with Gasteiger partial charge in [0, 0.05) is 0 Å². The van der Waals surface area contributed by atoms with Crippen LogP contribution in [0.3, 0.4) is 0 Å². The molecule has 0 radical (unpaired) electrons. The molecule has 0 amide bonds. The van der Waals surface area contributed by atoms with E-state index in [2.05, 4.69) is 0 Å². The summed E-state index contributed by atoms with van der Waals surface area (Å²) in [5, 5.41) is 8.50. The molecule has 0 aliphatic rings. The second-order valence-corrected chi connectivity index (χ2v) is 3.02. The summed E-state index contributed by atoms with van der Waals surface area (Å²) in [7, 11) is 0. The molecule has 0 aromatic heterocycles. The molecule has 16 heavy (non-hydrogen) atoms. The fourth-order valence-electron chi connectivity index (χ4n) is 1.23. The largest absolute Gasteiger partial charge is 0.480 e. The first-order chi connectivity index (χ1) is 7.25. The van der Waals surface area contributed by atoms with E-state index in [0.29, 0.717) is 6.07 Å². The van der Waals surface area contributed by atoms with Crippen molar-refractivity contribution in [3.8, 4) is 0 Å². The van der Waals surface area contributed by atoms with Crippen molar-refractivity contribution in [3.63, 3.8) is 0 Å². The van der Waals surface area contributed by atoms with Crippen molar-refractivity contribution in [2.75, 3.05) is 0 Å². The topological polar surface area (TPSA) is 63.3 Å². The highest BCUT2D eigenvalue weighted by Gasteiger charge is 2.39. The minimum Gasteiger partial charge on any atom is -0.480 e. The molecular formula is C9H7F4NO2. The van der Waals surface area contributed by atoms with Crippen LogP contribution in [-0.4, -0.2) is 11.1 Å². The summed E-state index contributed by atoms with van der Waals surface area (Å²) in [5.74, 6) is -3.20. The van der Waals surface area contributed by atoms with Crippen LogP contribution in [0.25, 0.3) is 0 Å². The Balaban J connectivity index is 3.40. The van der Waals surface area contributed by atoms with E-state index >= 15 is 0 Å². The van der Waals surface area contributed by atoms with E-state index in [1.54, 1.807) is 0 Å². The van der Waals surface area contributed by atoms with Crippen molar-refractivity contribution in [2.24, 2.45) is 5.73 Å². The molecule has 3 nitrogen and oxygen atoms in total. The number of carboxylic acid groups (broad SMARTS) is 1. The van der Waals surface area contributed by atoms with E-state index < -0.39 is 35.1 Å². The fourth-order valence-corrected chi connectivity index (χ4v) is 1.23. The van der Waals surface area contributed by atoms with Gasteiger partial charge in [0.2, 0.25) is 0 Å². The van der Waals surface area contributed by atoms with Crippen molar-refractivity contribution in [1.82, 2.24) is 0 Å². The second-order valence-electron chi connectivity index (χ2n) is 3.02. The molecule has 0 spiro atoms. The highest BCUT2D eigenvalue weighted by Crippen LogP contribution is 2.35. The summed E-state index contributed by atoms with van der Waals surface area (Å²) in [6.07, 6.45) is -4.98. The maximum absolute atomic E-state index is 13.0. The van der Waals surface area contributed by atoms with Crippen LogP contribution in [0.2, 0.25) is 0 Å². The standard InChI is InChI=1S/C9H7F4NO2/c10-5-3-1-2-4(7(14)8(15)16)6(5)9(11,12)13/h1-3,7H,14H2,(H,15,16). The molecule has 0 heterocycles. The molecule has 1 aromatic rings. The number of nitrogens with two attached hydrogens (primary N) is 1. The minimum absolute atomic E-state index is 0.598. The number of carboxylic acids is 1. The van der Waals surface area contributed by atoms with E-state index in [1.807, 2.05) is 0 Å². The molecule has 0 bridgehead atoms. The zero-order valence-electron chi connectivity index (χ0n) is 7.75. The average Bonchev–Trinajstić information content (AvgIpc) is 2.14. The van der Waals surface area contributed by atoms with Gasteiger partial charge < -0.3 is 10.8 Å². The Morgan fingerprint density at radius 1 is 1.38 bits per heavy atom. The smallest absolute Gasteiger partial charge is 0.419 e. The molecule has 1 aromatic carbocycles. The van der Waals surface area contributed by atoms with Gasteiger partial charge >= 0.3 is 12.1 Å². The Bertz CT molecular complexity index is 416. The summed E-state index contributed by atoms with van der Waals surface area (Å²) >= 11 is 0. The summed E-state index contributed by atoms with van der Waals surface area (Å²) in [5.41, 5.74) is 2.61. The van der Waals surface area contributed by atoms with Crippen LogP contribution in [0.4, 0.5) is 17.6 Å². The Morgan fingerprint density at radius 3 is 2.38 bits per heavy atom. The van der Waals surface area contributed by atoms with Gasteiger partial charge in [0.1, 0.15) is 11.9 Å². The first-order valence-electron chi connectivity index (χ1n) is 4.09. The SMILES string of the molecule is NC(C(=O)O)c1cccc(F)c1C(F)(F)F. The van der Waals surface area contributed by atoms with Gasteiger partial charge in [0.25, 0.3) is 0 Å². The predicted octanol–water partition coefficient (Wildman–Crippen LogP) is 1.93. The molecule has 0 saturated heterocycles. The van der Waals surface area contributed by atoms with E-state index in [4.69, 9.17) is 10.8 Å². The fraction of sp³-hybridized carbons (Fsp3) is 0.222. The van der Waals surface area contributed by atoms with Gasteiger partial charge in [-0.1, -0.05) is 12.1 Å². The van der Waals surface area contributed by atoms with Crippen molar-refractivity contribution < 1.29 is 27.5 Å². The highest BCUT2D eigenvalue weighted by molar-refractivity contribution is 5.75. The first kappa shape index (κ1) is 12.4. The second kappa shape index (κ2) is 4.09. The quantitative estimate of drug-likeness (QED) is 0.772. The Labute approximate surface area is 87.5 Å². The number of benzene rings is 1. The van der Waals surface area contributed by atoms with Gasteiger partial charge in [0.15, 0.2) is 0 Å². The van der Waals surface area contributed by atoms with E-state index in [9.17, 15) is 22.4 Å². The zero-order valence-corrected chi connectivity index (χ0v) is 7.75. The van der Waals surface area contributed by atoms with Gasteiger partial charge in [-0.25, -0.2) is 4.39 Å². The number of alkyl halides is 3. The van der Waals surface area contributed by atoms with Crippen LogP contribution in [0, 0.1) is 5.82 Å².